The Morgan fingerprint density at radius 3 is 2.88 bits per heavy atom. The molecule has 0 atom stereocenters. The predicted molar refractivity (Wildman–Crippen MR) is 92.9 cm³/mol. The van der Waals surface area contributed by atoms with Crippen molar-refractivity contribution in [2.75, 3.05) is 11.4 Å². The summed E-state index contributed by atoms with van der Waals surface area (Å²) in [6.45, 7) is 3.55. The van der Waals surface area contributed by atoms with E-state index in [1.807, 2.05) is 25.1 Å². The lowest BCUT2D eigenvalue weighted by molar-refractivity contribution is 0.0696. The van der Waals surface area contributed by atoms with Crippen LogP contribution < -0.4 is 4.90 Å². The highest BCUT2D eigenvalue weighted by molar-refractivity contribution is 5.88. The van der Waals surface area contributed by atoms with Crippen LogP contribution in [0.15, 0.2) is 30.3 Å². The number of hydrogen-bond acceptors (Lipinski definition) is 5. The molecule has 128 valence electrons. The van der Waals surface area contributed by atoms with Gasteiger partial charge in [-0.2, -0.15) is 4.52 Å². The Kier molecular flexibility index (Phi) is 3.83. The van der Waals surface area contributed by atoms with Gasteiger partial charge >= 0.3 is 5.97 Å². The quantitative estimate of drug-likeness (QED) is 0.790. The maximum atomic E-state index is 11.3. The molecule has 1 aromatic carbocycles. The molecule has 0 fully saturated rings. The highest BCUT2D eigenvalue weighted by atomic mass is 16.4. The summed E-state index contributed by atoms with van der Waals surface area (Å²) in [7, 11) is 0. The Morgan fingerprint density at radius 1 is 1.20 bits per heavy atom. The van der Waals surface area contributed by atoms with E-state index in [1.54, 1.807) is 16.6 Å². The number of carbonyl (C=O) groups is 1. The van der Waals surface area contributed by atoms with Crippen molar-refractivity contribution in [2.45, 2.75) is 32.7 Å². The zero-order valence-corrected chi connectivity index (χ0v) is 14.0. The predicted octanol–water partition coefficient (Wildman–Crippen LogP) is 2.34. The topological polar surface area (TPSA) is 83.6 Å². The van der Waals surface area contributed by atoms with E-state index in [0.29, 0.717) is 12.1 Å². The number of fused-ring (bicyclic) bond motifs is 2. The first-order valence-corrected chi connectivity index (χ1v) is 8.47. The smallest absolute Gasteiger partial charge is 0.335 e. The monoisotopic (exact) mass is 337 g/mol. The number of carboxylic acid groups (broad SMARTS) is 1. The second-order valence-electron chi connectivity index (χ2n) is 6.25. The number of aryl methyl sites for hydroxylation is 2. The average molecular weight is 337 g/mol. The van der Waals surface area contributed by atoms with Gasteiger partial charge in [0.15, 0.2) is 11.5 Å². The van der Waals surface area contributed by atoms with Crippen LogP contribution in [0.3, 0.4) is 0 Å². The second kappa shape index (κ2) is 6.16. The number of aromatic nitrogens is 4. The largest absolute Gasteiger partial charge is 0.478 e. The highest BCUT2D eigenvalue weighted by Gasteiger charge is 2.18. The number of rotatable bonds is 3. The van der Waals surface area contributed by atoms with E-state index in [9.17, 15) is 9.90 Å². The number of hydrogen-bond donors (Lipinski definition) is 1. The van der Waals surface area contributed by atoms with Crippen molar-refractivity contribution in [1.82, 2.24) is 19.8 Å². The van der Waals surface area contributed by atoms with Gasteiger partial charge in [0.2, 0.25) is 0 Å². The molecule has 0 amide bonds. The molecule has 0 bridgehead atoms. The standard InChI is InChI=1S/C18H19N5O2/c1-2-15-19-20-16-7-8-17(21-23(15)16)22-9-3-4-12-5-6-13(18(24)25)10-14(12)11-22/h5-8,10H,2-4,9,11H2,1H3,(H,24,25). The molecule has 7 nitrogen and oxygen atoms in total. The van der Waals surface area contributed by atoms with Crippen molar-refractivity contribution in [3.05, 3.63) is 52.8 Å². The van der Waals surface area contributed by atoms with Crippen LogP contribution in [-0.2, 0) is 19.4 Å². The molecule has 0 saturated carbocycles. The number of aromatic carboxylic acids is 1. The molecule has 1 aliphatic heterocycles. The molecule has 1 aliphatic rings. The normalized spacial score (nSPS) is 14.4. The third-order valence-corrected chi connectivity index (χ3v) is 4.64. The van der Waals surface area contributed by atoms with Crippen molar-refractivity contribution >= 4 is 17.4 Å². The lowest BCUT2D eigenvalue weighted by Crippen LogP contribution is -2.24. The number of anilines is 1. The van der Waals surface area contributed by atoms with Crippen LogP contribution in [0.1, 0.15) is 40.7 Å². The van der Waals surface area contributed by atoms with Gasteiger partial charge in [-0.3, -0.25) is 0 Å². The molecule has 0 aliphatic carbocycles. The first-order chi connectivity index (χ1) is 12.2. The lowest BCUT2D eigenvalue weighted by Gasteiger charge is -2.22. The first kappa shape index (κ1) is 15.6. The second-order valence-corrected chi connectivity index (χ2v) is 6.25. The molecule has 7 heteroatoms. The van der Waals surface area contributed by atoms with E-state index in [0.717, 1.165) is 48.7 Å². The maximum Gasteiger partial charge on any atom is 0.335 e. The fourth-order valence-electron chi connectivity index (χ4n) is 3.30. The minimum atomic E-state index is -0.893. The fourth-order valence-corrected chi connectivity index (χ4v) is 3.30. The van der Waals surface area contributed by atoms with Gasteiger partial charge in [-0.15, -0.1) is 15.3 Å². The molecular formula is C18H19N5O2. The molecule has 0 unspecified atom stereocenters. The Bertz CT molecular complexity index is 950. The number of benzene rings is 1. The van der Waals surface area contributed by atoms with Crippen LogP contribution in [0, 0.1) is 0 Å². The molecule has 0 saturated heterocycles. The molecule has 3 heterocycles. The zero-order chi connectivity index (χ0) is 17.4. The Balaban J connectivity index is 1.71. The van der Waals surface area contributed by atoms with Gasteiger partial charge in [0.25, 0.3) is 0 Å². The van der Waals surface area contributed by atoms with Crippen LogP contribution in [-0.4, -0.2) is 37.4 Å². The summed E-state index contributed by atoms with van der Waals surface area (Å²) in [4.78, 5) is 13.5. The number of carboxylic acids is 1. The van der Waals surface area contributed by atoms with Gasteiger partial charge in [-0.1, -0.05) is 13.0 Å². The van der Waals surface area contributed by atoms with Gasteiger partial charge in [0.1, 0.15) is 5.82 Å². The third-order valence-electron chi connectivity index (χ3n) is 4.64. The summed E-state index contributed by atoms with van der Waals surface area (Å²) in [6.07, 6.45) is 2.71. The Hall–Kier alpha value is -2.96. The SMILES string of the molecule is CCc1nnc2ccc(N3CCCc4ccc(C(=O)O)cc4C3)nn12. The van der Waals surface area contributed by atoms with Crippen LogP contribution in [0.2, 0.25) is 0 Å². The van der Waals surface area contributed by atoms with Crippen molar-refractivity contribution in [3.8, 4) is 0 Å². The molecule has 25 heavy (non-hydrogen) atoms. The van der Waals surface area contributed by atoms with E-state index < -0.39 is 5.97 Å². The minimum absolute atomic E-state index is 0.330. The number of nitrogens with zero attached hydrogens (tertiary/aromatic N) is 5. The van der Waals surface area contributed by atoms with E-state index >= 15 is 0 Å². The van der Waals surface area contributed by atoms with Gasteiger partial charge in [0.05, 0.1) is 5.56 Å². The first-order valence-electron chi connectivity index (χ1n) is 8.47. The third kappa shape index (κ3) is 2.82. The molecule has 1 N–H and O–H groups in total. The van der Waals surface area contributed by atoms with E-state index in [4.69, 9.17) is 5.10 Å². The minimum Gasteiger partial charge on any atom is -0.478 e. The summed E-state index contributed by atoms with van der Waals surface area (Å²) in [5.41, 5.74) is 3.34. The van der Waals surface area contributed by atoms with Gasteiger partial charge in [-0.25, -0.2) is 4.79 Å². The lowest BCUT2D eigenvalue weighted by atomic mass is 10.0. The van der Waals surface area contributed by atoms with Gasteiger partial charge in [0, 0.05) is 19.5 Å². The van der Waals surface area contributed by atoms with Crippen molar-refractivity contribution in [2.24, 2.45) is 0 Å². The maximum absolute atomic E-state index is 11.3. The van der Waals surface area contributed by atoms with Crippen LogP contribution in [0.4, 0.5) is 5.82 Å². The molecule has 4 rings (SSSR count). The summed E-state index contributed by atoms with van der Waals surface area (Å²) < 4.78 is 1.79. The molecular weight excluding hydrogens is 318 g/mol. The van der Waals surface area contributed by atoms with Crippen molar-refractivity contribution < 1.29 is 9.90 Å². The van der Waals surface area contributed by atoms with Crippen LogP contribution in [0.25, 0.3) is 5.65 Å². The Morgan fingerprint density at radius 2 is 2.08 bits per heavy atom. The summed E-state index contributed by atoms with van der Waals surface area (Å²) >= 11 is 0. The fraction of sp³-hybridized carbons (Fsp3) is 0.333. The molecule has 3 aromatic rings. The van der Waals surface area contributed by atoms with Gasteiger partial charge < -0.3 is 10.0 Å². The molecule has 0 radical (unpaired) electrons. The van der Waals surface area contributed by atoms with Crippen LogP contribution >= 0.6 is 0 Å². The van der Waals surface area contributed by atoms with Gasteiger partial charge in [-0.05, 0) is 48.2 Å². The summed E-state index contributed by atoms with van der Waals surface area (Å²) in [5, 5.41) is 22.2. The van der Waals surface area contributed by atoms with Crippen molar-refractivity contribution in [3.63, 3.8) is 0 Å². The summed E-state index contributed by atoms with van der Waals surface area (Å²) in [6, 6.07) is 9.29. The Labute approximate surface area is 144 Å². The zero-order valence-electron chi connectivity index (χ0n) is 14.0. The van der Waals surface area contributed by atoms with E-state index in [1.165, 1.54) is 5.56 Å². The van der Waals surface area contributed by atoms with Crippen LogP contribution in [0.5, 0.6) is 0 Å². The van der Waals surface area contributed by atoms with E-state index in [-0.39, 0.29) is 0 Å². The highest BCUT2D eigenvalue weighted by Crippen LogP contribution is 2.24. The average Bonchev–Trinajstić information content (AvgIpc) is 2.91. The van der Waals surface area contributed by atoms with E-state index in [2.05, 4.69) is 15.1 Å². The van der Waals surface area contributed by atoms with Crippen molar-refractivity contribution in [1.29, 1.82) is 0 Å². The summed E-state index contributed by atoms with van der Waals surface area (Å²) in [5.74, 6) is 0.797. The molecule has 2 aromatic heterocycles. The molecule has 0 spiro atoms.